The Labute approximate surface area is 188 Å². The molecule has 8 nitrogen and oxygen atoms in total. The number of amides is 2. The third-order valence-electron chi connectivity index (χ3n) is 6.44. The smallest absolute Gasteiger partial charge is 0.226 e. The van der Waals surface area contributed by atoms with Crippen molar-refractivity contribution in [1.82, 2.24) is 19.8 Å². The number of aromatic nitrogens is 2. The van der Waals surface area contributed by atoms with Gasteiger partial charge in [0.1, 0.15) is 12.4 Å². The number of anilines is 1. The number of hydrogen-bond acceptors (Lipinski definition) is 6. The van der Waals surface area contributed by atoms with Crippen molar-refractivity contribution < 1.29 is 14.3 Å². The molecule has 1 saturated heterocycles. The van der Waals surface area contributed by atoms with Gasteiger partial charge in [0.25, 0.3) is 0 Å². The molecule has 168 valence electrons. The normalized spacial score (nSPS) is 18.6. The van der Waals surface area contributed by atoms with E-state index in [1.807, 2.05) is 21.9 Å². The summed E-state index contributed by atoms with van der Waals surface area (Å²) in [7, 11) is 0. The largest absolute Gasteiger partial charge is 0.491 e. The van der Waals surface area contributed by atoms with Crippen LogP contribution in [0.4, 0.5) is 5.95 Å². The van der Waals surface area contributed by atoms with Crippen molar-refractivity contribution in [1.29, 1.82) is 0 Å². The molecule has 0 atom stereocenters. The number of fused-ring (bicyclic) bond motifs is 1. The van der Waals surface area contributed by atoms with Gasteiger partial charge in [0.15, 0.2) is 0 Å². The summed E-state index contributed by atoms with van der Waals surface area (Å²) in [5, 5.41) is 0. The molecule has 2 aliphatic heterocycles. The Morgan fingerprint density at radius 3 is 2.53 bits per heavy atom. The highest BCUT2D eigenvalue weighted by Crippen LogP contribution is 2.33. The summed E-state index contributed by atoms with van der Waals surface area (Å²) < 4.78 is 5.87. The number of nitrogens with zero attached hydrogens (tertiary/aromatic N) is 5. The van der Waals surface area contributed by atoms with Gasteiger partial charge >= 0.3 is 0 Å². The molecule has 1 aromatic carbocycles. The fourth-order valence-electron chi connectivity index (χ4n) is 4.40. The lowest BCUT2D eigenvalue weighted by Crippen LogP contribution is -2.49. The monoisotopic (exact) mass is 435 g/mol. The summed E-state index contributed by atoms with van der Waals surface area (Å²) >= 11 is 0. The minimum Gasteiger partial charge on any atom is -0.491 e. The Morgan fingerprint density at radius 2 is 1.78 bits per heavy atom. The summed E-state index contributed by atoms with van der Waals surface area (Å²) in [6.07, 6.45) is 6.67. The summed E-state index contributed by atoms with van der Waals surface area (Å²) in [6, 6.07) is 7.93. The Hall–Kier alpha value is -3.16. The molecule has 0 radical (unpaired) electrons. The van der Waals surface area contributed by atoms with E-state index in [-0.39, 0.29) is 17.7 Å². The van der Waals surface area contributed by atoms with Crippen LogP contribution in [0.3, 0.4) is 0 Å². The molecule has 2 fully saturated rings. The number of rotatable bonds is 5. The van der Waals surface area contributed by atoms with E-state index in [0.717, 1.165) is 48.8 Å². The molecule has 0 N–H and O–H groups in total. The molecule has 3 heterocycles. The maximum atomic E-state index is 12.8. The van der Waals surface area contributed by atoms with Gasteiger partial charge in [-0.1, -0.05) is 12.1 Å². The van der Waals surface area contributed by atoms with Crippen molar-refractivity contribution in [2.24, 2.45) is 5.92 Å². The van der Waals surface area contributed by atoms with Crippen LogP contribution >= 0.6 is 0 Å². The van der Waals surface area contributed by atoms with Gasteiger partial charge in [-0.25, -0.2) is 9.97 Å². The fourth-order valence-corrected chi connectivity index (χ4v) is 4.40. The van der Waals surface area contributed by atoms with E-state index in [0.29, 0.717) is 45.6 Å². The molecular weight excluding hydrogens is 406 g/mol. The van der Waals surface area contributed by atoms with Crippen LogP contribution in [-0.4, -0.2) is 70.9 Å². The number of piperazine rings is 1. The summed E-state index contributed by atoms with van der Waals surface area (Å²) in [5.41, 5.74) is 2.15. The molecule has 3 aliphatic rings. The van der Waals surface area contributed by atoms with E-state index in [1.165, 1.54) is 0 Å². The first-order valence-corrected chi connectivity index (χ1v) is 11.5. The van der Waals surface area contributed by atoms with Crippen molar-refractivity contribution in [2.75, 3.05) is 44.2 Å². The number of aryl methyl sites for hydroxylation is 1. The van der Waals surface area contributed by atoms with Gasteiger partial charge in [0.05, 0.1) is 6.54 Å². The molecule has 1 saturated carbocycles. The minimum absolute atomic E-state index is 0.176. The van der Waals surface area contributed by atoms with Gasteiger partial charge in [-0.05, 0) is 37.0 Å². The Bertz CT molecular complexity index is 971. The highest BCUT2D eigenvalue weighted by molar-refractivity contribution is 5.81. The fraction of sp³-hybridized carbons (Fsp3) is 0.500. The van der Waals surface area contributed by atoms with Crippen molar-refractivity contribution in [3.05, 3.63) is 47.8 Å². The van der Waals surface area contributed by atoms with Crippen molar-refractivity contribution in [3.8, 4) is 5.75 Å². The number of benzene rings is 1. The van der Waals surface area contributed by atoms with Crippen molar-refractivity contribution in [3.63, 3.8) is 0 Å². The van der Waals surface area contributed by atoms with Crippen LogP contribution in [0.2, 0.25) is 0 Å². The first kappa shape index (κ1) is 20.7. The zero-order valence-corrected chi connectivity index (χ0v) is 18.3. The van der Waals surface area contributed by atoms with E-state index >= 15 is 0 Å². The van der Waals surface area contributed by atoms with Gasteiger partial charge in [0, 0.05) is 63.0 Å². The Kier molecular flexibility index (Phi) is 5.92. The average Bonchev–Trinajstić information content (AvgIpc) is 3.70. The SMILES string of the molecule is O=C(CCc1ccc2c(c1)CN(C(=O)C1CC1)CCO2)N1CCN(c2ncccn2)CC1. The number of hydrogen-bond donors (Lipinski definition) is 0. The maximum Gasteiger partial charge on any atom is 0.226 e. The third-order valence-corrected chi connectivity index (χ3v) is 6.44. The van der Waals surface area contributed by atoms with Crippen LogP contribution in [0.1, 0.15) is 30.4 Å². The van der Waals surface area contributed by atoms with Crippen LogP contribution in [0.25, 0.3) is 0 Å². The first-order chi connectivity index (χ1) is 15.7. The predicted octanol–water partition coefficient (Wildman–Crippen LogP) is 1.89. The lowest BCUT2D eigenvalue weighted by Gasteiger charge is -2.34. The standard InChI is InChI=1S/C24H29N5O3/c30-22(27-10-12-28(13-11-27)24-25-8-1-9-26-24)7-3-18-2-6-21-20(16-18)17-29(14-15-32-21)23(31)19-4-5-19/h1-2,6,8-9,16,19H,3-5,7,10-15,17H2. The Balaban J connectivity index is 1.15. The van der Waals surface area contributed by atoms with Crippen molar-refractivity contribution in [2.45, 2.75) is 32.2 Å². The lowest BCUT2D eigenvalue weighted by atomic mass is 10.0. The zero-order chi connectivity index (χ0) is 21.9. The summed E-state index contributed by atoms with van der Waals surface area (Å²) in [5.74, 6) is 2.22. The van der Waals surface area contributed by atoms with Gasteiger partial charge in [-0.2, -0.15) is 0 Å². The van der Waals surface area contributed by atoms with Crippen LogP contribution in [0.5, 0.6) is 5.75 Å². The van der Waals surface area contributed by atoms with E-state index < -0.39 is 0 Å². The van der Waals surface area contributed by atoms with Crippen LogP contribution in [0.15, 0.2) is 36.7 Å². The first-order valence-electron chi connectivity index (χ1n) is 11.5. The lowest BCUT2D eigenvalue weighted by molar-refractivity contribution is -0.133. The molecule has 0 spiro atoms. The van der Waals surface area contributed by atoms with E-state index in [9.17, 15) is 9.59 Å². The molecular formula is C24H29N5O3. The molecule has 1 aromatic heterocycles. The molecule has 0 unspecified atom stereocenters. The molecule has 2 amide bonds. The predicted molar refractivity (Wildman–Crippen MR) is 119 cm³/mol. The van der Waals surface area contributed by atoms with Gasteiger partial charge in [0.2, 0.25) is 17.8 Å². The van der Waals surface area contributed by atoms with Crippen LogP contribution < -0.4 is 9.64 Å². The summed E-state index contributed by atoms with van der Waals surface area (Å²) in [6.45, 7) is 4.63. The van der Waals surface area contributed by atoms with Gasteiger partial charge in [-0.15, -0.1) is 0 Å². The second-order valence-corrected chi connectivity index (χ2v) is 8.74. The van der Waals surface area contributed by atoms with Gasteiger partial charge in [-0.3, -0.25) is 9.59 Å². The van der Waals surface area contributed by atoms with E-state index in [2.05, 4.69) is 20.9 Å². The minimum atomic E-state index is 0.176. The maximum absolute atomic E-state index is 12.8. The van der Waals surface area contributed by atoms with Gasteiger partial charge < -0.3 is 19.4 Å². The second kappa shape index (κ2) is 9.14. The number of ether oxygens (including phenoxy) is 1. The number of carbonyl (C=O) groups excluding carboxylic acids is 2. The molecule has 8 heteroatoms. The molecule has 0 bridgehead atoms. The Morgan fingerprint density at radius 1 is 1.00 bits per heavy atom. The summed E-state index contributed by atoms with van der Waals surface area (Å²) in [4.78, 5) is 39.9. The highest BCUT2D eigenvalue weighted by Gasteiger charge is 2.34. The van der Waals surface area contributed by atoms with Crippen LogP contribution in [0, 0.1) is 5.92 Å². The second-order valence-electron chi connectivity index (χ2n) is 8.74. The third kappa shape index (κ3) is 4.69. The quantitative estimate of drug-likeness (QED) is 0.714. The molecule has 32 heavy (non-hydrogen) atoms. The number of carbonyl (C=O) groups is 2. The molecule has 1 aliphatic carbocycles. The molecule has 2 aromatic rings. The average molecular weight is 436 g/mol. The zero-order valence-electron chi connectivity index (χ0n) is 18.3. The van der Waals surface area contributed by atoms with E-state index in [4.69, 9.17) is 4.74 Å². The highest BCUT2D eigenvalue weighted by atomic mass is 16.5. The topological polar surface area (TPSA) is 78.9 Å². The molecule has 5 rings (SSSR count). The van der Waals surface area contributed by atoms with Crippen molar-refractivity contribution >= 4 is 17.8 Å². The van der Waals surface area contributed by atoms with Crippen LogP contribution in [-0.2, 0) is 22.6 Å². The van der Waals surface area contributed by atoms with E-state index in [1.54, 1.807) is 18.5 Å².